The smallest absolute Gasteiger partial charge is 0.179 e. The molecule has 4 nitrogen and oxygen atoms in total. The highest BCUT2D eigenvalue weighted by Gasteiger charge is 2.16. The van der Waals surface area contributed by atoms with Gasteiger partial charge < -0.3 is 14.8 Å². The Hall–Kier alpha value is -1.29. The van der Waals surface area contributed by atoms with Gasteiger partial charge in [-0.1, -0.05) is 0 Å². The summed E-state index contributed by atoms with van der Waals surface area (Å²) in [5.74, 6) is 1.58. The second kappa shape index (κ2) is 4.28. The van der Waals surface area contributed by atoms with Crippen molar-refractivity contribution in [3.8, 4) is 0 Å². The SMILES string of the molecule is CNCC1=NC=C2OCCOC2=CC1. The molecule has 14 heavy (non-hydrogen) atoms. The molecule has 2 heterocycles. The molecule has 76 valence electrons. The molecule has 0 radical (unpaired) electrons. The molecule has 4 heteroatoms. The summed E-state index contributed by atoms with van der Waals surface area (Å²) in [5.41, 5.74) is 1.09. The van der Waals surface area contributed by atoms with E-state index < -0.39 is 0 Å². The molecular formula is C10H14N2O2. The lowest BCUT2D eigenvalue weighted by molar-refractivity contribution is 0.0590. The van der Waals surface area contributed by atoms with E-state index >= 15 is 0 Å². The number of hydrogen-bond donors (Lipinski definition) is 1. The zero-order valence-corrected chi connectivity index (χ0v) is 8.25. The molecule has 2 aliphatic heterocycles. The second-order valence-electron chi connectivity index (χ2n) is 3.19. The number of nitrogens with zero attached hydrogens (tertiary/aromatic N) is 1. The van der Waals surface area contributed by atoms with E-state index in [2.05, 4.69) is 10.3 Å². The summed E-state index contributed by atoms with van der Waals surface area (Å²) >= 11 is 0. The molecule has 1 saturated heterocycles. The molecule has 2 aliphatic rings. The van der Waals surface area contributed by atoms with E-state index in [9.17, 15) is 0 Å². The van der Waals surface area contributed by atoms with Crippen LogP contribution in [-0.2, 0) is 9.47 Å². The fourth-order valence-corrected chi connectivity index (χ4v) is 1.44. The van der Waals surface area contributed by atoms with Gasteiger partial charge >= 0.3 is 0 Å². The van der Waals surface area contributed by atoms with Crippen LogP contribution in [-0.4, -0.2) is 32.5 Å². The molecule has 0 bridgehead atoms. The van der Waals surface area contributed by atoms with Gasteiger partial charge in [0.15, 0.2) is 11.5 Å². The van der Waals surface area contributed by atoms with Crippen LogP contribution < -0.4 is 5.32 Å². The third-order valence-corrected chi connectivity index (χ3v) is 2.11. The summed E-state index contributed by atoms with van der Waals surface area (Å²) in [7, 11) is 1.91. The van der Waals surface area contributed by atoms with E-state index in [1.165, 1.54) is 0 Å². The number of ether oxygens (including phenoxy) is 2. The summed E-state index contributed by atoms with van der Waals surface area (Å²) in [5, 5.41) is 3.08. The van der Waals surface area contributed by atoms with E-state index in [1.54, 1.807) is 6.20 Å². The van der Waals surface area contributed by atoms with Crippen LogP contribution in [0.15, 0.2) is 28.8 Å². The molecule has 0 aromatic rings. The van der Waals surface area contributed by atoms with E-state index in [0.717, 1.165) is 30.2 Å². The van der Waals surface area contributed by atoms with Crippen LogP contribution in [0.25, 0.3) is 0 Å². The lowest BCUT2D eigenvalue weighted by atomic mass is 10.2. The van der Waals surface area contributed by atoms with Gasteiger partial charge in [-0.2, -0.15) is 0 Å². The highest BCUT2D eigenvalue weighted by Crippen LogP contribution is 2.20. The Labute approximate surface area is 83.3 Å². The minimum Gasteiger partial charge on any atom is -0.486 e. The van der Waals surface area contributed by atoms with Gasteiger partial charge in [-0.25, -0.2) is 0 Å². The van der Waals surface area contributed by atoms with E-state index in [-0.39, 0.29) is 0 Å². The Morgan fingerprint density at radius 1 is 1.36 bits per heavy atom. The summed E-state index contributed by atoms with van der Waals surface area (Å²) in [4.78, 5) is 4.33. The molecular weight excluding hydrogens is 180 g/mol. The summed E-state index contributed by atoms with van der Waals surface area (Å²) in [6.45, 7) is 2.04. The van der Waals surface area contributed by atoms with Crippen molar-refractivity contribution in [1.82, 2.24) is 5.32 Å². The zero-order chi connectivity index (χ0) is 9.80. The molecule has 0 amide bonds. The molecule has 0 saturated carbocycles. The molecule has 0 aromatic carbocycles. The minimum absolute atomic E-state index is 0.611. The van der Waals surface area contributed by atoms with Crippen LogP contribution >= 0.6 is 0 Å². The Morgan fingerprint density at radius 3 is 2.93 bits per heavy atom. The van der Waals surface area contributed by atoms with Gasteiger partial charge in [0.25, 0.3) is 0 Å². The van der Waals surface area contributed by atoms with Crippen LogP contribution in [0.2, 0.25) is 0 Å². The average molecular weight is 194 g/mol. The van der Waals surface area contributed by atoms with Crippen molar-refractivity contribution in [2.75, 3.05) is 26.8 Å². The van der Waals surface area contributed by atoms with E-state index in [0.29, 0.717) is 13.2 Å². The van der Waals surface area contributed by atoms with Crippen LogP contribution in [0.4, 0.5) is 0 Å². The monoisotopic (exact) mass is 194 g/mol. The van der Waals surface area contributed by atoms with Gasteiger partial charge in [-0.15, -0.1) is 0 Å². The minimum atomic E-state index is 0.611. The first-order chi connectivity index (χ1) is 6.90. The Morgan fingerprint density at radius 2 is 2.14 bits per heavy atom. The van der Waals surface area contributed by atoms with Gasteiger partial charge in [0.2, 0.25) is 0 Å². The Bertz CT molecular complexity index is 305. The van der Waals surface area contributed by atoms with Crippen molar-refractivity contribution in [2.45, 2.75) is 6.42 Å². The molecule has 1 fully saturated rings. The second-order valence-corrected chi connectivity index (χ2v) is 3.19. The highest BCUT2D eigenvalue weighted by molar-refractivity contribution is 5.88. The number of nitrogens with one attached hydrogen (secondary N) is 1. The average Bonchev–Trinajstić information content (AvgIpc) is 2.42. The number of aliphatic imine (C=N–C) groups is 1. The Kier molecular flexibility index (Phi) is 2.84. The van der Waals surface area contributed by atoms with Crippen molar-refractivity contribution >= 4 is 5.71 Å². The van der Waals surface area contributed by atoms with Crippen LogP contribution in [0, 0.1) is 0 Å². The lowest BCUT2D eigenvalue weighted by Gasteiger charge is -2.19. The topological polar surface area (TPSA) is 42.9 Å². The summed E-state index contributed by atoms with van der Waals surface area (Å²) in [6, 6.07) is 0. The number of rotatable bonds is 2. The van der Waals surface area contributed by atoms with E-state index in [1.807, 2.05) is 13.1 Å². The van der Waals surface area contributed by atoms with Crippen molar-refractivity contribution < 1.29 is 9.47 Å². The first kappa shape index (κ1) is 9.27. The third-order valence-electron chi connectivity index (χ3n) is 2.11. The van der Waals surface area contributed by atoms with Crippen molar-refractivity contribution in [2.24, 2.45) is 4.99 Å². The maximum Gasteiger partial charge on any atom is 0.179 e. The largest absolute Gasteiger partial charge is 0.486 e. The van der Waals surface area contributed by atoms with Crippen molar-refractivity contribution in [1.29, 1.82) is 0 Å². The lowest BCUT2D eigenvalue weighted by Crippen LogP contribution is -2.17. The van der Waals surface area contributed by atoms with Gasteiger partial charge in [-0.05, 0) is 13.1 Å². The number of allylic oxidation sites excluding steroid dienone is 1. The van der Waals surface area contributed by atoms with Gasteiger partial charge in [0.1, 0.15) is 13.2 Å². The van der Waals surface area contributed by atoms with Gasteiger partial charge in [0.05, 0.1) is 6.20 Å². The van der Waals surface area contributed by atoms with Gasteiger partial charge in [0, 0.05) is 18.7 Å². The van der Waals surface area contributed by atoms with E-state index in [4.69, 9.17) is 9.47 Å². The van der Waals surface area contributed by atoms with Crippen LogP contribution in [0.3, 0.4) is 0 Å². The Balaban J connectivity index is 2.14. The molecule has 0 spiro atoms. The van der Waals surface area contributed by atoms with Crippen LogP contribution in [0.1, 0.15) is 6.42 Å². The number of fused-ring (bicyclic) bond motifs is 1. The fraction of sp³-hybridized carbons (Fsp3) is 0.500. The predicted octanol–water partition coefficient (Wildman–Crippen LogP) is 0.823. The fourth-order valence-electron chi connectivity index (χ4n) is 1.44. The first-order valence-corrected chi connectivity index (χ1v) is 4.76. The third kappa shape index (κ3) is 1.96. The van der Waals surface area contributed by atoms with Gasteiger partial charge in [-0.3, -0.25) is 4.99 Å². The standard InChI is InChI=1S/C10H14N2O2/c1-11-6-8-2-3-9-10(7-12-8)14-5-4-13-9/h3,7,11H,2,4-6H2,1H3. The first-order valence-electron chi connectivity index (χ1n) is 4.76. The molecule has 0 atom stereocenters. The van der Waals surface area contributed by atoms with Crippen LogP contribution in [0.5, 0.6) is 0 Å². The quantitative estimate of drug-likeness (QED) is 0.707. The molecule has 0 unspecified atom stereocenters. The summed E-state index contributed by atoms with van der Waals surface area (Å²) in [6.07, 6.45) is 4.58. The highest BCUT2D eigenvalue weighted by atomic mass is 16.6. The maximum atomic E-state index is 5.46. The molecule has 2 rings (SSSR count). The molecule has 1 N–H and O–H groups in total. The predicted molar refractivity (Wildman–Crippen MR) is 54.0 cm³/mol. The molecule has 0 aromatic heterocycles. The maximum absolute atomic E-state index is 5.46. The normalized spacial score (nSPS) is 20.5. The number of hydrogen-bond acceptors (Lipinski definition) is 4. The zero-order valence-electron chi connectivity index (χ0n) is 8.25. The molecule has 0 aliphatic carbocycles. The van der Waals surface area contributed by atoms with Crippen molar-refractivity contribution in [3.05, 3.63) is 23.8 Å². The van der Waals surface area contributed by atoms with Crippen molar-refractivity contribution in [3.63, 3.8) is 0 Å². The summed E-state index contributed by atoms with van der Waals surface area (Å²) < 4.78 is 10.9.